The highest BCUT2D eigenvalue weighted by Gasteiger charge is 2.09. The Morgan fingerprint density at radius 3 is 3.17 bits per heavy atom. The first-order valence-corrected chi connectivity index (χ1v) is 4.39. The Bertz CT molecular complexity index is 391. The topological polar surface area (TPSA) is 41.6 Å². The van der Waals surface area contributed by atoms with Crippen LogP contribution in [-0.4, -0.2) is 15.4 Å². The van der Waals surface area contributed by atoms with Crippen LogP contribution in [0, 0.1) is 5.92 Å². The molecule has 0 saturated heterocycles. The van der Waals surface area contributed by atoms with Gasteiger partial charge < -0.3 is 0 Å². The Hall–Kier alpha value is -1.12. The van der Waals surface area contributed by atoms with Crippen molar-refractivity contribution in [2.45, 2.75) is 26.7 Å². The second-order valence-electron chi connectivity index (χ2n) is 3.50. The number of hydrogen-bond acceptors (Lipinski definition) is 2. The third kappa shape index (κ3) is 1.05. The molecule has 0 unspecified atom stereocenters. The van der Waals surface area contributed by atoms with Gasteiger partial charge in [0, 0.05) is 1.43 Å². The lowest BCUT2D eigenvalue weighted by Gasteiger charge is -2.10. The summed E-state index contributed by atoms with van der Waals surface area (Å²) in [7, 11) is 0. The molecule has 0 atom stereocenters. The Morgan fingerprint density at radius 2 is 2.42 bits per heavy atom. The van der Waals surface area contributed by atoms with Crippen LogP contribution in [0.3, 0.4) is 0 Å². The van der Waals surface area contributed by atoms with E-state index in [9.17, 15) is 0 Å². The molecule has 0 radical (unpaired) electrons. The molecule has 1 aromatic rings. The largest absolute Gasteiger partial charge is 0.258 e. The van der Waals surface area contributed by atoms with E-state index in [0.717, 1.165) is 23.5 Å². The molecule has 0 saturated carbocycles. The number of hydrogen-bond donors (Lipinski definition) is 1. The fourth-order valence-electron chi connectivity index (χ4n) is 1.67. The van der Waals surface area contributed by atoms with Crippen LogP contribution in [-0.2, 0) is 0 Å². The molecule has 12 heavy (non-hydrogen) atoms. The summed E-state index contributed by atoms with van der Waals surface area (Å²) in [5, 5.41) is 13.0. The predicted molar refractivity (Wildman–Crippen MR) is 49.7 cm³/mol. The monoisotopic (exact) mass is 165 g/mol. The van der Waals surface area contributed by atoms with Crippen molar-refractivity contribution in [1.82, 2.24) is 15.4 Å². The number of H-pyrrole nitrogens is 1. The smallest absolute Gasteiger partial charge is 0.112 e. The summed E-state index contributed by atoms with van der Waals surface area (Å²) in [5.74, 6) is 0.586. The first-order valence-electron chi connectivity index (χ1n) is 4.39. The molecule has 0 fully saturated rings. The Morgan fingerprint density at radius 1 is 1.58 bits per heavy atom. The van der Waals surface area contributed by atoms with E-state index < -0.39 is 0 Å². The van der Waals surface area contributed by atoms with Gasteiger partial charge in [0.15, 0.2) is 0 Å². The summed E-state index contributed by atoms with van der Waals surface area (Å²) in [6, 6.07) is 0. The molecule has 1 N–H and O–H groups in total. The molecule has 0 spiro atoms. The van der Waals surface area contributed by atoms with Gasteiger partial charge in [-0.1, -0.05) is 25.1 Å². The minimum absolute atomic E-state index is 0. The molecule has 0 aliphatic heterocycles. The van der Waals surface area contributed by atoms with Crippen molar-refractivity contribution in [3.8, 4) is 0 Å². The van der Waals surface area contributed by atoms with E-state index in [1.165, 1.54) is 5.57 Å². The van der Waals surface area contributed by atoms with Crippen molar-refractivity contribution in [1.29, 1.82) is 0 Å². The molecular weight excluding hydrogens is 150 g/mol. The zero-order chi connectivity index (χ0) is 8.55. The SMILES string of the molecule is CC(C)C1=c2nn[nH]c2=CCC1.[HH]. The van der Waals surface area contributed by atoms with Gasteiger partial charge in [-0.25, -0.2) is 0 Å². The van der Waals surface area contributed by atoms with Crippen molar-refractivity contribution in [2.75, 3.05) is 0 Å². The van der Waals surface area contributed by atoms with Crippen LogP contribution in [0.1, 0.15) is 28.1 Å². The minimum Gasteiger partial charge on any atom is -0.258 e. The van der Waals surface area contributed by atoms with E-state index in [2.05, 4.69) is 35.3 Å². The van der Waals surface area contributed by atoms with E-state index in [-0.39, 0.29) is 1.43 Å². The lowest BCUT2D eigenvalue weighted by atomic mass is 9.95. The maximum absolute atomic E-state index is 4.09. The molecule has 0 bridgehead atoms. The van der Waals surface area contributed by atoms with Crippen molar-refractivity contribution in [3.05, 3.63) is 10.7 Å². The minimum atomic E-state index is 0. The van der Waals surface area contributed by atoms with E-state index in [4.69, 9.17) is 0 Å². The summed E-state index contributed by atoms with van der Waals surface area (Å²) < 4.78 is 0. The second-order valence-corrected chi connectivity index (χ2v) is 3.50. The van der Waals surface area contributed by atoms with E-state index in [0.29, 0.717) is 5.92 Å². The van der Waals surface area contributed by atoms with Crippen LogP contribution < -0.4 is 10.7 Å². The summed E-state index contributed by atoms with van der Waals surface area (Å²) in [4.78, 5) is 0. The first-order chi connectivity index (χ1) is 5.79. The predicted octanol–water partition coefficient (Wildman–Crippen LogP) is 0.432. The Kier molecular flexibility index (Phi) is 1.71. The standard InChI is InChI=1S/C9H13N3.H2/c1-6(2)7-4-3-5-8-9(7)11-12-10-8;/h5-6H,3-4H2,1-2H3,(H,10,11);1H. The van der Waals surface area contributed by atoms with E-state index in [1.807, 2.05) is 0 Å². The molecular formula is C9H15N3. The number of rotatable bonds is 1. The number of nitrogens with one attached hydrogen (secondary N) is 1. The molecule has 3 nitrogen and oxygen atoms in total. The normalized spacial score (nSPS) is 16.1. The Labute approximate surface area is 72.7 Å². The average Bonchev–Trinajstić information content (AvgIpc) is 2.49. The van der Waals surface area contributed by atoms with Gasteiger partial charge in [0.2, 0.25) is 0 Å². The molecule has 1 aromatic heterocycles. The van der Waals surface area contributed by atoms with Crippen LogP contribution in [0.2, 0.25) is 0 Å². The van der Waals surface area contributed by atoms with Gasteiger partial charge in [-0.2, -0.15) is 0 Å². The van der Waals surface area contributed by atoms with Gasteiger partial charge in [-0.05, 0) is 24.3 Å². The molecule has 1 heterocycles. The molecule has 3 heteroatoms. The van der Waals surface area contributed by atoms with E-state index >= 15 is 0 Å². The zero-order valence-electron chi connectivity index (χ0n) is 7.46. The average molecular weight is 165 g/mol. The van der Waals surface area contributed by atoms with Crippen molar-refractivity contribution >= 4 is 11.6 Å². The quantitative estimate of drug-likeness (QED) is 0.655. The third-order valence-corrected chi connectivity index (χ3v) is 2.34. The summed E-state index contributed by atoms with van der Waals surface area (Å²) in [6.45, 7) is 4.41. The van der Waals surface area contributed by atoms with E-state index in [1.54, 1.807) is 0 Å². The van der Waals surface area contributed by atoms with Gasteiger partial charge in [-0.15, -0.1) is 5.10 Å². The van der Waals surface area contributed by atoms with Gasteiger partial charge in [0.05, 0.1) is 5.35 Å². The summed E-state index contributed by atoms with van der Waals surface area (Å²) in [6.07, 6.45) is 4.42. The van der Waals surface area contributed by atoms with Crippen LogP contribution >= 0.6 is 0 Å². The first kappa shape index (κ1) is 7.53. The van der Waals surface area contributed by atoms with Crippen LogP contribution in [0.25, 0.3) is 11.6 Å². The van der Waals surface area contributed by atoms with Gasteiger partial charge in [0.1, 0.15) is 5.35 Å². The third-order valence-electron chi connectivity index (χ3n) is 2.34. The zero-order valence-corrected chi connectivity index (χ0v) is 7.46. The van der Waals surface area contributed by atoms with Crippen molar-refractivity contribution in [2.24, 2.45) is 5.92 Å². The molecule has 1 aliphatic carbocycles. The van der Waals surface area contributed by atoms with Crippen LogP contribution in [0.5, 0.6) is 0 Å². The fraction of sp³-hybridized carbons (Fsp3) is 0.556. The molecule has 0 amide bonds. The number of nitrogens with zero attached hydrogens (tertiary/aromatic N) is 2. The highest BCUT2D eigenvalue weighted by molar-refractivity contribution is 5.49. The summed E-state index contributed by atoms with van der Waals surface area (Å²) >= 11 is 0. The maximum Gasteiger partial charge on any atom is 0.112 e. The van der Waals surface area contributed by atoms with Crippen molar-refractivity contribution < 1.29 is 1.43 Å². The molecule has 0 aromatic carbocycles. The number of fused-ring (bicyclic) bond motifs is 1. The lowest BCUT2D eigenvalue weighted by molar-refractivity contribution is 0.789. The highest BCUT2D eigenvalue weighted by Crippen LogP contribution is 2.16. The fourth-order valence-corrected chi connectivity index (χ4v) is 1.67. The highest BCUT2D eigenvalue weighted by atomic mass is 15.3. The second kappa shape index (κ2) is 2.73. The number of aromatic nitrogens is 3. The Balaban J connectivity index is 0.000000845. The number of aromatic amines is 1. The molecule has 2 rings (SSSR count). The maximum atomic E-state index is 4.09. The van der Waals surface area contributed by atoms with Gasteiger partial charge >= 0.3 is 0 Å². The van der Waals surface area contributed by atoms with Gasteiger partial charge in [0.25, 0.3) is 0 Å². The molecule has 1 aliphatic rings. The van der Waals surface area contributed by atoms with Crippen molar-refractivity contribution in [3.63, 3.8) is 0 Å². The van der Waals surface area contributed by atoms with Crippen LogP contribution in [0.4, 0.5) is 0 Å². The van der Waals surface area contributed by atoms with Crippen LogP contribution in [0.15, 0.2) is 0 Å². The summed E-state index contributed by atoms with van der Waals surface area (Å²) in [5.41, 5.74) is 1.43. The van der Waals surface area contributed by atoms with Gasteiger partial charge in [-0.3, -0.25) is 5.10 Å². The lowest BCUT2D eigenvalue weighted by Crippen LogP contribution is -2.31. The molecule has 66 valence electrons.